The molecule has 2 N–H and O–H groups in total. The van der Waals surface area contributed by atoms with Gasteiger partial charge in [0.1, 0.15) is 11.8 Å². The van der Waals surface area contributed by atoms with Gasteiger partial charge in [0.05, 0.1) is 36.1 Å². The Bertz CT molecular complexity index is 1140. The number of fused-ring (bicyclic) bond motifs is 1. The number of carbonyl (C=O) groups excluding carboxylic acids is 2. The lowest BCUT2D eigenvalue weighted by Gasteiger charge is -2.27. The number of para-hydroxylation sites is 2. The molecule has 10 heteroatoms. The summed E-state index contributed by atoms with van der Waals surface area (Å²) in [6.07, 6.45) is 1.50. The van der Waals surface area contributed by atoms with Crippen LogP contribution in [0.1, 0.15) is 18.7 Å². The number of urea groups is 1. The van der Waals surface area contributed by atoms with Gasteiger partial charge in [0.2, 0.25) is 0 Å². The SMILES string of the molecule is CCOC(=O)C1=C(CSc2nc3ccccc3n2CCOC)NC(=O)NC1c1ccco1. The Kier molecular flexibility index (Phi) is 6.81. The molecule has 2 aromatic heterocycles. The van der Waals surface area contributed by atoms with Crippen molar-refractivity contribution in [3.63, 3.8) is 0 Å². The van der Waals surface area contributed by atoms with Gasteiger partial charge in [-0.25, -0.2) is 14.6 Å². The summed E-state index contributed by atoms with van der Waals surface area (Å²) in [7, 11) is 1.65. The fourth-order valence-electron chi connectivity index (χ4n) is 3.55. The van der Waals surface area contributed by atoms with E-state index in [1.807, 2.05) is 24.3 Å². The van der Waals surface area contributed by atoms with Crippen LogP contribution in [0.4, 0.5) is 4.79 Å². The first kappa shape index (κ1) is 22.0. The minimum Gasteiger partial charge on any atom is -0.467 e. The van der Waals surface area contributed by atoms with E-state index in [1.54, 1.807) is 26.2 Å². The minimum atomic E-state index is -0.735. The molecule has 0 saturated carbocycles. The van der Waals surface area contributed by atoms with Crippen LogP contribution in [0.5, 0.6) is 0 Å². The van der Waals surface area contributed by atoms with Gasteiger partial charge in [-0.1, -0.05) is 23.9 Å². The normalized spacial score (nSPS) is 16.2. The maximum absolute atomic E-state index is 12.8. The summed E-state index contributed by atoms with van der Waals surface area (Å²) >= 11 is 1.43. The van der Waals surface area contributed by atoms with Crippen LogP contribution in [0.3, 0.4) is 0 Å². The fourth-order valence-corrected chi connectivity index (χ4v) is 4.56. The smallest absolute Gasteiger partial charge is 0.338 e. The number of thioether (sulfide) groups is 1. The molecular weight excluding hydrogens is 432 g/mol. The minimum absolute atomic E-state index is 0.217. The molecule has 3 heterocycles. The lowest BCUT2D eigenvalue weighted by molar-refractivity contribution is -0.139. The van der Waals surface area contributed by atoms with Crippen LogP contribution in [0.15, 0.2) is 63.5 Å². The zero-order valence-corrected chi connectivity index (χ0v) is 18.6. The molecule has 9 nitrogen and oxygen atoms in total. The van der Waals surface area contributed by atoms with Crippen molar-refractivity contribution in [1.82, 2.24) is 20.2 Å². The molecule has 2 amide bonds. The first-order chi connectivity index (χ1) is 15.6. The van der Waals surface area contributed by atoms with Crippen molar-refractivity contribution in [2.45, 2.75) is 24.7 Å². The average Bonchev–Trinajstić information content (AvgIpc) is 3.44. The molecule has 0 fully saturated rings. The predicted molar refractivity (Wildman–Crippen MR) is 119 cm³/mol. The van der Waals surface area contributed by atoms with Crippen LogP contribution in [-0.4, -0.2) is 47.6 Å². The number of nitrogens with zero attached hydrogens (tertiary/aromatic N) is 2. The molecule has 1 aromatic carbocycles. The molecule has 1 aliphatic rings. The van der Waals surface area contributed by atoms with Crippen molar-refractivity contribution in [3.05, 3.63) is 59.7 Å². The molecule has 0 saturated heterocycles. The zero-order valence-electron chi connectivity index (χ0n) is 17.8. The number of benzene rings is 1. The molecule has 3 aromatic rings. The second kappa shape index (κ2) is 9.92. The highest BCUT2D eigenvalue weighted by Gasteiger charge is 2.35. The van der Waals surface area contributed by atoms with E-state index in [0.29, 0.717) is 35.9 Å². The van der Waals surface area contributed by atoms with Gasteiger partial charge in [0.25, 0.3) is 0 Å². The Labute approximate surface area is 189 Å². The molecule has 0 aliphatic carbocycles. The first-order valence-electron chi connectivity index (χ1n) is 10.2. The second-order valence-electron chi connectivity index (χ2n) is 6.98. The van der Waals surface area contributed by atoms with Crippen molar-refractivity contribution < 1.29 is 23.5 Å². The van der Waals surface area contributed by atoms with Gasteiger partial charge in [-0.05, 0) is 31.2 Å². The van der Waals surface area contributed by atoms with Crippen molar-refractivity contribution in [2.75, 3.05) is 26.1 Å². The van der Waals surface area contributed by atoms with Crippen molar-refractivity contribution in [2.24, 2.45) is 0 Å². The van der Waals surface area contributed by atoms with Crippen LogP contribution in [-0.2, 0) is 20.8 Å². The Morgan fingerprint density at radius 1 is 1.28 bits per heavy atom. The van der Waals surface area contributed by atoms with Gasteiger partial charge >= 0.3 is 12.0 Å². The van der Waals surface area contributed by atoms with Gasteiger partial charge < -0.3 is 29.1 Å². The highest BCUT2D eigenvalue weighted by atomic mass is 32.2. The molecule has 0 bridgehead atoms. The molecule has 0 radical (unpaired) electrons. The highest BCUT2D eigenvalue weighted by Crippen LogP contribution is 2.32. The maximum Gasteiger partial charge on any atom is 0.338 e. The van der Waals surface area contributed by atoms with E-state index in [4.69, 9.17) is 18.9 Å². The average molecular weight is 457 g/mol. The number of methoxy groups -OCH3 is 1. The summed E-state index contributed by atoms with van der Waals surface area (Å²) in [5.74, 6) is 0.261. The molecule has 168 valence electrons. The Morgan fingerprint density at radius 2 is 2.12 bits per heavy atom. The van der Waals surface area contributed by atoms with Gasteiger partial charge in [-0.2, -0.15) is 0 Å². The largest absolute Gasteiger partial charge is 0.467 e. The molecule has 1 aliphatic heterocycles. The van der Waals surface area contributed by atoms with Crippen LogP contribution < -0.4 is 10.6 Å². The topological polar surface area (TPSA) is 108 Å². The van der Waals surface area contributed by atoms with Crippen LogP contribution in [0.2, 0.25) is 0 Å². The van der Waals surface area contributed by atoms with Crippen molar-refractivity contribution in [3.8, 4) is 0 Å². The predicted octanol–water partition coefficient (Wildman–Crippen LogP) is 3.24. The number of hydrogen-bond donors (Lipinski definition) is 2. The van der Waals surface area contributed by atoms with Gasteiger partial charge in [0.15, 0.2) is 5.16 Å². The van der Waals surface area contributed by atoms with E-state index in [2.05, 4.69) is 15.2 Å². The van der Waals surface area contributed by atoms with Gasteiger partial charge in [-0.3, -0.25) is 0 Å². The van der Waals surface area contributed by atoms with E-state index in [0.717, 1.165) is 16.2 Å². The number of rotatable bonds is 9. The van der Waals surface area contributed by atoms with E-state index in [9.17, 15) is 9.59 Å². The quantitative estimate of drug-likeness (QED) is 0.376. The molecule has 1 unspecified atom stereocenters. The number of ether oxygens (including phenoxy) is 2. The molecule has 0 spiro atoms. The Hall–Kier alpha value is -3.24. The second-order valence-corrected chi connectivity index (χ2v) is 7.92. The lowest BCUT2D eigenvalue weighted by Crippen LogP contribution is -2.46. The van der Waals surface area contributed by atoms with E-state index >= 15 is 0 Å². The third-order valence-corrected chi connectivity index (χ3v) is 5.96. The van der Waals surface area contributed by atoms with Crippen LogP contribution in [0.25, 0.3) is 11.0 Å². The summed E-state index contributed by atoms with van der Waals surface area (Å²) < 4.78 is 18.1. The van der Waals surface area contributed by atoms with Gasteiger partial charge in [0, 0.05) is 25.1 Å². The number of amides is 2. The van der Waals surface area contributed by atoms with Crippen molar-refractivity contribution >= 4 is 34.8 Å². The first-order valence-corrected chi connectivity index (χ1v) is 11.2. The van der Waals surface area contributed by atoms with Gasteiger partial charge in [-0.15, -0.1) is 0 Å². The van der Waals surface area contributed by atoms with E-state index in [-0.39, 0.29) is 6.61 Å². The Morgan fingerprint density at radius 3 is 2.88 bits per heavy atom. The summed E-state index contributed by atoms with van der Waals surface area (Å²) in [6.45, 7) is 3.12. The molecule has 4 rings (SSSR count). The summed E-state index contributed by atoms with van der Waals surface area (Å²) in [6, 6.07) is 10.1. The van der Waals surface area contributed by atoms with Crippen molar-refractivity contribution in [1.29, 1.82) is 0 Å². The number of carbonyl (C=O) groups is 2. The summed E-state index contributed by atoms with van der Waals surface area (Å²) in [5, 5.41) is 6.28. The van der Waals surface area contributed by atoms with Crippen LogP contribution >= 0.6 is 11.8 Å². The number of hydrogen-bond acceptors (Lipinski definition) is 7. The molecule has 32 heavy (non-hydrogen) atoms. The number of imidazole rings is 1. The number of nitrogens with one attached hydrogen (secondary N) is 2. The number of aromatic nitrogens is 2. The third-order valence-electron chi connectivity index (χ3n) is 4.96. The maximum atomic E-state index is 12.8. The lowest BCUT2D eigenvalue weighted by atomic mass is 10.0. The monoisotopic (exact) mass is 456 g/mol. The van der Waals surface area contributed by atoms with E-state index in [1.165, 1.54) is 18.0 Å². The van der Waals surface area contributed by atoms with Crippen LogP contribution in [0, 0.1) is 0 Å². The summed E-state index contributed by atoms with van der Waals surface area (Å²) in [4.78, 5) is 29.9. The van der Waals surface area contributed by atoms with E-state index < -0.39 is 18.0 Å². The highest BCUT2D eigenvalue weighted by molar-refractivity contribution is 7.99. The standard InChI is InChI=1S/C22H24N4O5S/c1-3-30-20(27)18-15(23-21(28)25-19(18)17-9-6-11-31-17)13-32-22-24-14-7-4-5-8-16(14)26(22)10-12-29-2/h4-9,11,19H,3,10,12-13H2,1-2H3,(H2,23,25,28). The molecule has 1 atom stereocenters. The summed E-state index contributed by atoms with van der Waals surface area (Å²) in [5.41, 5.74) is 2.64. The third kappa shape index (κ3) is 4.51. The number of esters is 1. The zero-order chi connectivity index (χ0) is 22.5. The Balaban J connectivity index is 1.68. The number of furan rings is 1. The molecular formula is C22H24N4O5S. The fraction of sp³-hybridized carbons (Fsp3) is 0.318.